The zero-order valence-corrected chi connectivity index (χ0v) is 17.2. The maximum Gasteiger partial charge on any atom is 0.340 e. The van der Waals surface area contributed by atoms with Crippen molar-refractivity contribution in [1.82, 2.24) is 9.21 Å². The summed E-state index contributed by atoms with van der Waals surface area (Å²) in [4.78, 5) is 26.1. The molecule has 1 fully saturated rings. The Morgan fingerprint density at radius 2 is 1.85 bits per heavy atom. The standard InChI is InChI=1S/C17H23ClN2O6S/c1-11-8-20(9-12(2)26-11)16(21)10-25-17(22)14-7-13(5-6-15(14)18)27(23,24)19(3)4/h5-7,11-12H,8-10H2,1-4H3/t11-,12-/m0/s1. The second-order valence-electron chi connectivity index (χ2n) is 6.56. The van der Waals surface area contributed by atoms with Crippen LogP contribution in [0.4, 0.5) is 0 Å². The van der Waals surface area contributed by atoms with Crippen molar-refractivity contribution in [3.05, 3.63) is 28.8 Å². The van der Waals surface area contributed by atoms with Gasteiger partial charge < -0.3 is 14.4 Å². The van der Waals surface area contributed by atoms with Gasteiger partial charge in [0.25, 0.3) is 5.91 Å². The van der Waals surface area contributed by atoms with Crippen LogP contribution in [0.1, 0.15) is 24.2 Å². The fraction of sp³-hybridized carbons (Fsp3) is 0.529. The summed E-state index contributed by atoms with van der Waals surface area (Å²) in [5.41, 5.74) is -0.115. The van der Waals surface area contributed by atoms with Gasteiger partial charge in [-0.15, -0.1) is 0 Å². The topological polar surface area (TPSA) is 93.2 Å². The largest absolute Gasteiger partial charge is 0.452 e. The van der Waals surface area contributed by atoms with E-state index in [9.17, 15) is 18.0 Å². The lowest BCUT2D eigenvalue weighted by Gasteiger charge is -2.35. The Morgan fingerprint density at radius 3 is 2.41 bits per heavy atom. The molecule has 1 aromatic rings. The van der Waals surface area contributed by atoms with Crippen molar-refractivity contribution in [2.45, 2.75) is 31.0 Å². The number of benzene rings is 1. The van der Waals surface area contributed by atoms with Crippen LogP contribution in [0.2, 0.25) is 5.02 Å². The molecule has 0 aromatic heterocycles. The molecule has 1 amide bonds. The molecule has 0 saturated carbocycles. The van der Waals surface area contributed by atoms with Gasteiger partial charge >= 0.3 is 5.97 Å². The molecule has 1 saturated heterocycles. The molecule has 1 aliphatic rings. The molecule has 1 aromatic carbocycles. The van der Waals surface area contributed by atoms with Crippen LogP contribution in [0.25, 0.3) is 0 Å². The van der Waals surface area contributed by atoms with Crippen LogP contribution in [-0.4, -0.2) is 75.5 Å². The fourth-order valence-electron chi connectivity index (χ4n) is 2.71. The third-order valence-electron chi connectivity index (χ3n) is 4.04. The van der Waals surface area contributed by atoms with Gasteiger partial charge in [-0.3, -0.25) is 4.79 Å². The molecular weight excluding hydrogens is 396 g/mol. The number of esters is 1. The van der Waals surface area contributed by atoms with Gasteiger partial charge in [0.2, 0.25) is 10.0 Å². The summed E-state index contributed by atoms with van der Waals surface area (Å²) < 4.78 is 36.1. The number of carbonyl (C=O) groups excluding carboxylic acids is 2. The molecule has 2 atom stereocenters. The quantitative estimate of drug-likeness (QED) is 0.671. The van der Waals surface area contributed by atoms with Crippen molar-refractivity contribution in [2.24, 2.45) is 0 Å². The third-order valence-corrected chi connectivity index (χ3v) is 6.18. The molecule has 0 radical (unpaired) electrons. The van der Waals surface area contributed by atoms with Gasteiger partial charge in [-0.05, 0) is 32.0 Å². The highest BCUT2D eigenvalue weighted by molar-refractivity contribution is 7.89. The van der Waals surface area contributed by atoms with Gasteiger partial charge in [0, 0.05) is 27.2 Å². The molecule has 0 aliphatic carbocycles. The number of carbonyl (C=O) groups is 2. The van der Waals surface area contributed by atoms with Gasteiger partial charge in [-0.1, -0.05) is 11.6 Å². The van der Waals surface area contributed by atoms with Gasteiger partial charge in [0.15, 0.2) is 6.61 Å². The molecular formula is C17H23ClN2O6S. The molecule has 2 rings (SSSR count). The van der Waals surface area contributed by atoms with Crippen molar-refractivity contribution in [2.75, 3.05) is 33.8 Å². The predicted octanol–water partition coefficient (Wildman–Crippen LogP) is 1.38. The van der Waals surface area contributed by atoms with E-state index in [1.54, 1.807) is 4.90 Å². The van der Waals surface area contributed by atoms with Crippen molar-refractivity contribution in [1.29, 1.82) is 0 Å². The fourth-order valence-corrected chi connectivity index (χ4v) is 3.83. The second-order valence-corrected chi connectivity index (χ2v) is 9.12. The molecule has 8 nitrogen and oxygen atoms in total. The molecule has 0 bridgehead atoms. The van der Waals surface area contributed by atoms with Crippen LogP contribution in [-0.2, 0) is 24.3 Å². The van der Waals surface area contributed by atoms with E-state index in [-0.39, 0.29) is 33.6 Å². The lowest BCUT2D eigenvalue weighted by atomic mass is 10.2. The first-order valence-corrected chi connectivity index (χ1v) is 10.2. The van der Waals surface area contributed by atoms with E-state index >= 15 is 0 Å². The minimum absolute atomic E-state index is 0.0405. The number of amides is 1. The summed E-state index contributed by atoms with van der Waals surface area (Å²) in [6.45, 7) is 4.09. The van der Waals surface area contributed by atoms with Crippen LogP contribution >= 0.6 is 11.6 Å². The third kappa shape index (κ3) is 5.19. The number of hydrogen-bond acceptors (Lipinski definition) is 6. The Hall–Kier alpha value is -1.68. The number of morpholine rings is 1. The number of nitrogens with zero attached hydrogens (tertiary/aromatic N) is 2. The first-order chi connectivity index (χ1) is 12.5. The number of halogens is 1. The second kappa shape index (κ2) is 8.55. The highest BCUT2D eigenvalue weighted by atomic mass is 35.5. The molecule has 0 spiro atoms. The first-order valence-electron chi connectivity index (χ1n) is 8.34. The Morgan fingerprint density at radius 1 is 1.26 bits per heavy atom. The van der Waals surface area contributed by atoms with Gasteiger partial charge in [0.1, 0.15) is 0 Å². The summed E-state index contributed by atoms with van der Waals surface area (Å²) in [5, 5.41) is 0.0405. The van der Waals surface area contributed by atoms with E-state index in [1.807, 2.05) is 13.8 Å². The van der Waals surface area contributed by atoms with Crippen LogP contribution in [0.5, 0.6) is 0 Å². The Kier molecular flexibility index (Phi) is 6.85. The number of hydrogen-bond donors (Lipinski definition) is 0. The van der Waals surface area contributed by atoms with Gasteiger partial charge in [0.05, 0.1) is 27.7 Å². The smallest absolute Gasteiger partial charge is 0.340 e. The summed E-state index contributed by atoms with van der Waals surface area (Å²) in [7, 11) is -0.973. The summed E-state index contributed by atoms with van der Waals surface area (Å²) in [5.74, 6) is -1.21. The van der Waals surface area contributed by atoms with Gasteiger partial charge in [-0.2, -0.15) is 0 Å². The maximum absolute atomic E-state index is 12.3. The summed E-state index contributed by atoms with van der Waals surface area (Å²) in [6.07, 6.45) is -0.202. The number of rotatable bonds is 5. The summed E-state index contributed by atoms with van der Waals surface area (Å²) in [6, 6.07) is 3.75. The molecule has 10 heteroatoms. The van der Waals surface area contributed by atoms with E-state index < -0.39 is 22.6 Å². The molecule has 150 valence electrons. The predicted molar refractivity (Wildman–Crippen MR) is 99.2 cm³/mol. The van der Waals surface area contributed by atoms with Gasteiger partial charge in [-0.25, -0.2) is 17.5 Å². The number of ether oxygens (including phenoxy) is 2. The summed E-state index contributed by atoms with van der Waals surface area (Å²) >= 11 is 6.00. The average Bonchev–Trinajstić information content (AvgIpc) is 2.58. The lowest BCUT2D eigenvalue weighted by Crippen LogP contribution is -2.49. The highest BCUT2D eigenvalue weighted by Gasteiger charge is 2.27. The molecule has 27 heavy (non-hydrogen) atoms. The van der Waals surface area contributed by atoms with Crippen LogP contribution in [0, 0.1) is 0 Å². The number of sulfonamides is 1. The van der Waals surface area contributed by atoms with Crippen molar-refractivity contribution >= 4 is 33.5 Å². The lowest BCUT2D eigenvalue weighted by molar-refractivity contribution is -0.146. The molecule has 0 N–H and O–H groups in total. The normalized spacial score (nSPS) is 20.6. The Labute approximate surface area is 164 Å². The maximum atomic E-state index is 12.3. The monoisotopic (exact) mass is 418 g/mol. The first kappa shape index (κ1) is 21.6. The van der Waals surface area contributed by atoms with Crippen LogP contribution in [0.3, 0.4) is 0 Å². The Bertz CT molecular complexity index is 817. The Balaban J connectivity index is 2.09. The minimum atomic E-state index is -3.73. The van der Waals surface area contributed by atoms with E-state index in [2.05, 4.69) is 0 Å². The van der Waals surface area contributed by atoms with E-state index in [4.69, 9.17) is 21.1 Å². The zero-order chi connectivity index (χ0) is 20.4. The van der Waals surface area contributed by atoms with Crippen molar-refractivity contribution in [3.63, 3.8) is 0 Å². The van der Waals surface area contributed by atoms with Crippen LogP contribution < -0.4 is 0 Å². The highest BCUT2D eigenvalue weighted by Crippen LogP contribution is 2.23. The van der Waals surface area contributed by atoms with Crippen molar-refractivity contribution in [3.8, 4) is 0 Å². The zero-order valence-electron chi connectivity index (χ0n) is 15.6. The van der Waals surface area contributed by atoms with E-state index in [1.165, 1.54) is 26.2 Å². The van der Waals surface area contributed by atoms with Crippen molar-refractivity contribution < 1.29 is 27.5 Å². The molecule has 0 unspecified atom stereocenters. The molecule has 1 heterocycles. The molecule has 1 aliphatic heterocycles. The SMILES string of the molecule is C[C@H]1CN(C(=O)COC(=O)c2cc(S(=O)(=O)N(C)C)ccc2Cl)C[C@H](C)O1. The minimum Gasteiger partial charge on any atom is -0.452 e. The van der Waals surface area contributed by atoms with E-state index in [0.717, 1.165) is 10.4 Å². The van der Waals surface area contributed by atoms with E-state index in [0.29, 0.717) is 13.1 Å². The average molecular weight is 419 g/mol. The van der Waals surface area contributed by atoms with Crippen LogP contribution in [0.15, 0.2) is 23.1 Å².